The molecule has 12 aromatic carbocycles. The zero-order chi connectivity index (χ0) is 111. The molecule has 0 aliphatic carbocycles. The molecule has 0 spiro atoms. The topological polar surface area (TPSA) is 129 Å². The Morgan fingerprint density at radius 3 is 1.01 bits per heavy atom. The summed E-state index contributed by atoms with van der Waals surface area (Å²) < 4.78 is 122. The van der Waals surface area contributed by atoms with E-state index >= 15 is 0 Å². The molecule has 4 radical (unpaired) electrons. The fourth-order valence-electron chi connectivity index (χ4n) is 15.2. The molecule has 0 saturated carbocycles. The number of pyridine rings is 8. The number of fused-ring (bicyclic) bond motifs is 6. The molecule has 145 heavy (non-hydrogen) atoms. The number of benzene rings is 12. The molecule has 0 atom stereocenters. The summed E-state index contributed by atoms with van der Waals surface area (Å²) in [5.74, 6) is 0.531. The number of aryl methyl sites for hydroxylation is 7. The fourth-order valence-corrected chi connectivity index (χ4v) is 15.2. The van der Waals surface area contributed by atoms with Crippen LogP contribution in [-0.2, 0) is 97.7 Å². The molecule has 0 aliphatic heterocycles. The van der Waals surface area contributed by atoms with E-state index in [2.05, 4.69) is 303 Å². The molecule has 0 N–H and O–H groups in total. The summed E-state index contributed by atoms with van der Waals surface area (Å²) in [6.07, 6.45) is 13.6. The minimum Gasteiger partial charge on any atom is -0.500 e. The number of rotatable bonds is 12. The van der Waals surface area contributed by atoms with Gasteiger partial charge >= 0.3 is 0 Å². The van der Waals surface area contributed by atoms with E-state index in [0.717, 1.165) is 140 Å². The Morgan fingerprint density at radius 2 is 0.621 bits per heavy atom. The maximum atomic E-state index is 7.50. The van der Waals surface area contributed by atoms with Crippen LogP contribution in [0, 0.1) is 103 Å². The first-order chi connectivity index (χ1) is 74.4. The van der Waals surface area contributed by atoms with Crippen molar-refractivity contribution in [3.63, 3.8) is 0 Å². The van der Waals surface area contributed by atoms with Crippen LogP contribution in [0.3, 0.4) is 0 Å². The van der Waals surface area contributed by atoms with E-state index in [-0.39, 0.29) is 119 Å². The molecule has 0 saturated heterocycles. The summed E-state index contributed by atoms with van der Waals surface area (Å²) in [5.41, 5.74) is 29.4. The third kappa shape index (κ3) is 31.0. The van der Waals surface area contributed by atoms with Crippen LogP contribution in [0.1, 0.15) is 132 Å². The number of hydrogen-bond donors (Lipinski definition) is 0. The molecule has 22 rings (SSSR count). The van der Waals surface area contributed by atoms with Gasteiger partial charge in [0.1, 0.15) is 11.2 Å². The normalized spacial score (nSPS) is 12.6. The predicted octanol–water partition coefficient (Wildman–Crippen LogP) is 33.5. The van der Waals surface area contributed by atoms with E-state index in [9.17, 15) is 0 Å². The molecule has 0 fully saturated rings. The Bertz CT molecular complexity index is 8010. The number of aromatic nitrogens is 8. The second kappa shape index (κ2) is 54.1. The van der Waals surface area contributed by atoms with E-state index in [1.54, 1.807) is 84.9 Å². The van der Waals surface area contributed by atoms with Gasteiger partial charge in [0.25, 0.3) is 0 Å². The third-order valence-electron chi connectivity index (χ3n) is 22.6. The summed E-state index contributed by atoms with van der Waals surface area (Å²) >= 11 is 0. The average molecular weight is 2620 g/mol. The van der Waals surface area contributed by atoms with Crippen molar-refractivity contribution in [2.45, 2.75) is 121 Å². The van der Waals surface area contributed by atoms with Crippen LogP contribution >= 0.6 is 0 Å². The molecule has 0 amide bonds. The van der Waals surface area contributed by atoms with Gasteiger partial charge in [0.15, 0.2) is 0 Å². The van der Waals surface area contributed by atoms with Crippen molar-refractivity contribution < 1.29 is 110 Å². The largest absolute Gasteiger partial charge is 0.500 e. The Hall–Kier alpha value is -14.0. The van der Waals surface area contributed by atoms with Gasteiger partial charge in [-0.15, -0.1) is 251 Å². The minimum absolute atomic E-state index is 0. The molecule has 14 heteroatoms. The summed E-state index contributed by atoms with van der Waals surface area (Å²) in [5, 5.41) is 4.36. The smallest absolute Gasteiger partial charge is 0.124 e. The molecule has 734 valence electrons. The van der Waals surface area contributed by atoms with Gasteiger partial charge in [-0.25, -0.2) is 0 Å². The van der Waals surface area contributed by atoms with Gasteiger partial charge in [0.2, 0.25) is 0 Å². The standard InChI is InChI=1S/C22H20NO.2C21H20N.C19H14NO.4C12H10N.4Ir/c1-14(2)12-16-6-4-7-17-18-8-5-9-19(22(18)24-21(16)17)20-11-10-15(3)13-23-20;1-21(2,3)19-12-13-22-20(15-19)18-11-7-10-17(14-18)16-8-5-4-6-9-16;1-21(2,3)19-12-13-20(22-15-19)18-11-7-10-17(14-18)16-8-5-4-6-9-16;1-12-9-10-20-17(11-12)16-8-4-7-15-14-6-3-5-13(2)18(14)21-19(15)16;4*1-10-7-8-12(13-9-10)11-5-3-2-4-6-11;;;;/h4-8,10-11,13-14H,12H2,1-3H3;2*4-10,12-15H,1-3H3;3-7,9-11H,1-2H3;4*2-5,7-9H,1H3;;;;/q8*-1;;;;/i3D3;;;;4*1D3;;;;. The Labute approximate surface area is 930 Å². The number of hydrogen-bond acceptors (Lipinski definition) is 10. The van der Waals surface area contributed by atoms with E-state index in [4.69, 9.17) is 29.4 Å². The Morgan fingerprint density at radius 1 is 0.262 bits per heavy atom. The van der Waals surface area contributed by atoms with Crippen molar-refractivity contribution in [2.75, 3.05) is 0 Å². The third-order valence-corrected chi connectivity index (χ3v) is 22.6. The summed E-state index contributed by atoms with van der Waals surface area (Å²) in [7, 11) is 0. The molecule has 10 aromatic heterocycles. The molecule has 10 nitrogen and oxygen atoms in total. The van der Waals surface area contributed by atoms with E-state index in [1.807, 2.05) is 140 Å². The van der Waals surface area contributed by atoms with Crippen molar-refractivity contribution in [3.05, 3.63) is 506 Å². The van der Waals surface area contributed by atoms with Gasteiger partial charge in [-0.05, 0) is 190 Å². The van der Waals surface area contributed by atoms with E-state index < -0.39 is 34.3 Å². The van der Waals surface area contributed by atoms with Gasteiger partial charge in [0, 0.05) is 161 Å². The van der Waals surface area contributed by atoms with Crippen molar-refractivity contribution in [1.82, 2.24) is 39.9 Å². The molecular weight excluding hydrogens is 2490 g/mol. The van der Waals surface area contributed by atoms with E-state index in [1.165, 1.54) is 75.5 Å². The summed E-state index contributed by atoms with van der Waals surface area (Å²) in [4.78, 5) is 34.5. The van der Waals surface area contributed by atoms with Crippen molar-refractivity contribution in [3.8, 4) is 112 Å². The van der Waals surface area contributed by atoms with Crippen LogP contribution in [0.2, 0.25) is 0 Å². The predicted molar refractivity (Wildman–Crippen MR) is 583 cm³/mol. The maximum absolute atomic E-state index is 7.50. The first-order valence-electron chi connectivity index (χ1n) is 53.8. The first-order valence-corrected chi connectivity index (χ1v) is 46.3. The zero-order valence-electron chi connectivity index (χ0n) is 96.6. The van der Waals surface area contributed by atoms with Gasteiger partial charge in [-0.2, -0.15) is 0 Å². The minimum atomic E-state index is -2.16. The Kier molecular flexibility index (Phi) is 34.0. The van der Waals surface area contributed by atoms with Crippen LogP contribution in [0.5, 0.6) is 0 Å². The Balaban J connectivity index is 0.000000173. The van der Waals surface area contributed by atoms with Crippen molar-refractivity contribution in [1.29, 1.82) is 0 Å². The first kappa shape index (κ1) is 91.0. The molecular formula is C131H114Ir4N8O2-8. The van der Waals surface area contributed by atoms with Crippen LogP contribution in [0.15, 0.2) is 410 Å². The van der Waals surface area contributed by atoms with Gasteiger partial charge in [0.05, 0.1) is 11.2 Å². The van der Waals surface area contributed by atoms with Crippen LogP contribution < -0.4 is 0 Å². The number of furan rings is 2. The van der Waals surface area contributed by atoms with Crippen LogP contribution in [0.4, 0.5) is 0 Å². The zero-order valence-corrected chi connectivity index (χ0v) is 91.2. The molecule has 0 bridgehead atoms. The number of para-hydroxylation sites is 2. The molecule has 0 aliphatic rings. The van der Waals surface area contributed by atoms with Gasteiger partial charge < -0.3 is 48.7 Å². The van der Waals surface area contributed by atoms with Crippen molar-refractivity contribution in [2.24, 2.45) is 5.92 Å². The second-order valence-electron chi connectivity index (χ2n) is 35.8. The van der Waals surface area contributed by atoms with E-state index in [0.29, 0.717) is 11.6 Å². The second-order valence-corrected chi connectivity index (χ2v) is 35.8. The monoisotopic (exact) mass is 2620 g/mol. The summed E-state index contributed by atoms with van der Waals surface area (Å²) in [6, 6.07) is 138. The van der Waals surface area contributed by atoms with Gasteiger partial charge in [-0.3, -0.25) is 0 Å². The van der Waals surface area contributed by atoms with Gasteiger partial charge in [-0.1, -0.05) is 265 Å². The fraction of sp³-hybridized carbons (Fsp3) is 0.145. The number of nitrogens with zero attached hydrogens (tertiary/aromatic N) is 8. The quantitative estimate of drug-likeness (QED) is 0.109. The molecule has 22 aromatic rings. The van der Waals surface area contributed by atoms with Crippen LogP contribution in [0.25, 0.3) is 156 Å². The molecule has 10 heterocycles. The maximum Gasteiger partial charge on any atom is 0.124 e. The summed E-state index contributed by atoms with van der Waals surface area (Å²) in [6.45, 7) is 11.2. The average Bonchev–Trinajstić information content (AvgIpc) is 1.61. The SMILES string of the molecule is CC(C)(C)c1ccc(-c2[c-]ccc(-c3ccccc3)c2)nc1.CC(C)(C)c1ccnc(-c2[c-]ccc(-c3ccccc3)c2)c1.Cc1ccnc(-c2[c-]ccc3c2oc2c(C)cccc23)c1.[2H]C([2H])([2H])c1ccc(-c2[c-]ccc3c2oc2c(CC(C)C)cccc23)nc1.[2H]C([2H])([2H])c1ccc(-c2[c-]cccc2)nc1.[2H]C([2H])([2H])c1ccc(-c2[c-]cccc2)nc1.[2H]C([2H])([2H])c1ccc(-c2[c-]cccc2)nc1.[2H]C([2H])([2H])c1ccc(-c2[c-]cccc2)nc1.[Ir].[Ir].[Ir].[Ir]. The molecule has 0 unspecified atom stereocenters. The van der Waals surface area contributed by atoms with Crippen molar-refractivity contribution >= 4 is 43.9 Å². The van der Waals surface area contributed by atoms with Crippen LogP contribution in [-0.4, -0.2) is 39.9 Å².